The standard InChI is InChI=1S/C68H114N4O51/c1-15(82)69-29-39(92)51(24(10-78)106-59(29)104)116-60-30(70-16(2)83)40(93)54(26(12-80)112-60)119-66-50(103)56(38(91)28(115-66)14-105-67-57(45(98)35(88)21(7-75)110-67)122-61-31(71-17(3)84)41(94)52(25(11-79)113-61)117-63-47(100)43(96)33(86)19(5-73)107-63)121-68-58(46(99)36(89)22(8-76)111-68)123-62-32(72-18(4)85)42(95)53(27(13-81)114-62)118-65-49(102)55(37(90)23(9-77)109-65)120-64-48(101)44(97)34(87)20(6-74)108-64/h19-68,73-81,86-104H,5-14H2,1-4H3,(H,69,82)(H,70,83)(H,71,84)(H,72,85)/t19-,20-,21-,22-,23-,24-,25-,26-,27-,28-,29-,30-,31-,32-,33+,34+,35-,36-,37+,38-,39-,40-,41-,42-,43+,44+,45+,46+,47-,48-,49-,50+,51-,52-,53-,54-,55+,56+,57+,58+,59?,60+,61+,62+,63+,64-,65+,66+,67+,68-/m1/s1. The number of nitrogens with one attached hydrogen (secondary N) is 4. The zero-order valence-electron chi connectivity index (χ0n) is 65.9. The molecule has 32 N–H and O–H groups in total. The largest absolute Gasteiger partial charge is 0.394 e. The summed E-state index contributed by atoms with van der Waals surface area (Å²) in [6.45, 7) is -7.45. The van der Waals surface area contributed by atoms with Crippen LogP contribution in [0.25, 0.3) is 0 Å². The molecule has 10 fully saturated rings. The number of aliphatic hydroxyl groups is 28. The lowest BCUT2D eigenvalue weighted by atomic mass is 9.93. The summed E-state index contributed by atoms with van der Waals surface area (Å²) < 4.78 is 112. The van der Waals surface area contributed by atoms with E-state index in [1.54, 1.807) is 0 Å². The topological polar surface area (TPSA) is 858 Å². The summed E-state index contributed by atoms with van der Waals surface area (Å²) >= 11 is 0. The van der Waals surface area contributed by atoms with Gasteiger partial charge in [-0.3, -0.25) is 19.2 Å². The molecular formula is C68H114N4O51. The van der Waals surface area contributed by atoms with Gasteiger partial charge in [-0.2, -0.15) is 0 Å². The minimum absolute atomic E-state index is 0.802. The molecule has 10 saturated heterocycles. The quantitative estimate of drug-likeness (QED) is 0.0297. The third-order valence-electron chi connectivity index (χ3n) is 22.5. The van der Waals surface area contributed by atoms with E-state index < -0.39 is 397 Å². The Hall–Kier alpha value is -4.00. The Morgan fingerprint density at radius 3 is 0.780 bits per heavy atom. The van der Waals surface area contributed by atoms with Crippen LogP contribution in [0, 0.1) is 0 Å². The Labute approximate surface area is 695 Å². The molecule has 0 aliphatic carbocycles. The third kappa shape index (κ3) is 22.3. The van der Waals surface area contributed by atoms with Gasteiger partial charge < -0.3 is 254 Å². The molecule has 0 aromatic carbocycles. The second-order valence-corrected chi connectivity index (χ2v) is 31.0. The molecule has 0 aromatic heterocycles. The van der Waals surface area contributed by atoms with Crippen molar-refractivity contribution in [1.82, 2.24) is 21.3 Å². The maximum atomic E-state index is 13.2. The summed E-state index contributed by atoms with van der Waals surface area (Å²) in [4.78, 5) is 51.3. The average Bonchev–Trinajstić information content (AvgIpc) is 0.767. The Bertz CT molecular complexity index is 3310. The molecule has 10 heterocycles. The van der Waals surface area contributed by atoms with Crippen molar-refractivity contribution in [3.8, 4) is 0 Å². The minimum atomic E-state index is -2.62. The molecule has 55 heteroatoms. The van der Waals surface area contributed by atoms with Gasteiger partial charge in [-0.05, 0) is 0 Å². The average molecular weight is 1800 g/mol. The zero-order chi connectivity index (χ0) is 90.5. The number of aliphatic hydroxyl groups excluding tert-OH is 28. The van der Waals surface area contributed by atoms with Gasteiger partial charge in [0.15, 0.2) is 62.9 Å². The molecule has 0 radical (unpaired) electrons. The number of carbonyl (C=O) groups is 4. The lowest BCUT2D eigenvalue weighted by molar-refractivity contribution is -0.400. The van der Waals surface area contributed by atoms with Gasteiger partial charge in [-0.1, -0.05) is 0 Å². The number of hydrogen-bond acceptors (Lipinski definition) is 51. The van der Waals surface area contributed by atoms with Crippen LogP contribution >= 0.6 is 0 Å². The van der Waals surface area contributed by atoms with Crippen molar-refractivity contribution in [1.29, 1.82) is 0 Å². The van der Waals surface area contributed by atoms with Crippen molar-refractivity contribution in [2.75, 3.05) is 66.1 Å². The van der Waals surface area contributed by atoms with Crippen LogP contribution in [0.4, 0.5) is 0 Å². The summed E-state index contributed by atoms with van der Waals surface area (Å²) in [7, 11) is 0. The van der Waals surface area contributed by atoms with Crippen LogP contribution in [0.5, 0.6) is 0 Å². The van der Waals surface area contributed by atoms with E-state index in [1.165, 1.54) is 0 Å². The van der Waals surface area contributed by atoms with E-state index in [0.717, 1.165) is 27.7 Å². The molecule has 55 nitrogen and oxygen atoms in total. The molecule has 50 atom stereocenters. The van der Waals surface area contributed by atoms with Crippen molar-refractivity contribution in [3.05, 3.63) is 0 Å². The number of rotatable bonds is 32. The molecule has 123 heavy (non-hydrogen) atoms. The SMILES string of the molecule is CC(=O)N[C@H]1[C@H](O[C@H]2[C@H](O)[C@@H](NC(C)=O)C(O)O[C@@H]2CO)O[C@H](CO)[C@@H](O[C@@H]2O[C@H](CO[C@H]3O[C@H](CO)[C@@H](O)[C@H](O)[C@@H]3O[C@@H]3O[C@H](CO)[C@@H](O[C@@H]4O[C@H](CO)[C@H](O)[C@H](O)[C@H]4O)[C@H](O)[C@H]3NC(C)=O)[C@@H](O)[C@H](O[C@H]3O[C@H](CO)[C@@H](O)[C@H](O)[C@@H]3O[C@@H]3O[C@H](CO)[C@@H](O[C@@H]4O[C@H](CO)[C@H](O)[C@H](O[C@H]5O[C@H](CO)[C@H](O)[C@H](O)[C@H]5O)[C@H]4O)[C@H](O)[C@H]3NC(C)=O)[C@@H]2O)[C@@H]1O. The van der Waals surface area contributed by atoms with Crippen molar-refractivity contribution in [2.24, 2.45) is 0 Å². The Kier molecular flexibility index (Phi) is 36.4. The van der Waals surface area contributed by atoms with Crippen molar-refractivity contribution in [2.45, 2.75) is 335 Å². The van der Waals surface area contributed by atoms with Crippen molar-refractivity contribution < 1.29 is 252 Å². The van der Waals surface area contributed by atoms with E-state index in [4.69, 9.17) is 90.0 Å². The minimum Gasteiger partial charge on any atom is -0.394 e. The zero-order valence-corrected chi connectivity index (χ0v) is 65.9. The maximum Gasteiger partial charge on any atom is 0.217 e. The molecule has 4 amide bonds. The first-order valence-electron chi connectivity index (χ1n) is 39.1. The van der Waals surface area contributed by atoms with Crippen molar-refractivity contribution >= 4 is 23.6 Å². The number of hydrogen-bond donors (Lipinski definition) is 32. The van der Waals surface area contributed by atoms with Crippen LogP contribution in [0.2, 0.25) is 0 Å². The molecule has 0 aromatic rings. The van der Waals surface area contributed by atoms with Crippen molar-refractivity contribution in [3.63, 3.8) is 0 Å². The first kappa shape index (κ1) is 101. The van der Waals surface area contributed by atoms with Gasteiger partial charge in [0.1, 0.15) is 244 Å². The van der Waals surface area contributed by atoms with Gasteiger partial charge in [-0.15, -0.1) is 0 Å². The summed E-state index contributed by atoms with van der Waals surface area (Å²) in [5.41, 5.74) is 0. The summed E-state index contributed by atoms with van der Waals surface area (Å²) in [6.07, 6.45) is -97.2. The van der Waals surface area contributed by atoms with Gasteiger partial charge >= 0.3 is 0 Å². The van der Waals surface area contributed by atoms with Crippen LogP contribution in [-0.4, -0.2) is 539 Å². The molecule has 0 bridgehead atoms. The molecule has 10 rings (SSSR count). The first-order chi connectivity index (χ1) is 58.2. The molecule has 0 spiro atoms. The lowest BCUT2D eigenvalue weighted by Crippen LogP contribution is -2.71. The second kappa shape index (κ2) is 44.3. The van der Waals surface area contributed by atoms with Crippen LogP contribution in [-0.2, 0) is 109 Å². The van der Waals surface area contributed by atoms with E-state index in [9.17, 15) is 162 Å². The molecule has 712 valence electrons. The van der Waals surface area contributed by atoms with Crippen LogP contribution in [0.3, 0.4) is 0 Å². The molecule has 10 aliphatic heterocycles. The van der Waals surface area contributed by atoms with Crippen LogP contribution in [0.1, 0.15) is 27.7 Å². The predicted octanol–water partition coefficient (Wildman–Crippen LogP) is -22.2. The monoisotopic (exact) mass is 1800 g/mol. The number of carbonyl (C=O) groups excluding carboxylic acids is 4. The second-order valence-electron chi connectivity index (χ2n) is 31.0. The number of amides is 4. The van der Waals surface area contributed by atoms with Gasteiger partial charge in [0, 0.05) is 27.7 Å². The fourth-order valence-corrected chi connectivity index (χ4v) is 15.9. The Morgan fingerprint density at radius 1 is 0.211 bits per heavy atom. The van der Waals surface area contributed by atoms with E-state index in [2.05, 4.69) is 21.3 Å². The summed E-state index contributed by atoms with van der Waals surface area (Å²) in [6, 6.07) is -7.61. The number of ether oxygens (including phenoxy) is 19. The molecule has 10 aliphatic rings. The van der Waals surface area contributed by atoms with Crippen LogP contribution < -0.4 is 21.3 Å². The van der Waals surface area contributed by atoms with E-state index in [0.29, 0.717) is 0 Å². The third-order valence-corrected chi connectivity index (χ3v) is 22.5. The Morgan fingerprint density at radius 2 is 0.439 bits per heavy atom. The highest BCUT2D eigenvalue weighted by Crippen LogP contribution is 2.41. The molecule has 1 unspecified atom stereocenters. The fraction of sp³-hybridized carbons (Fsp3) is 0.941. The highest BCUT2D eigenvalue weighted by atomic mass is 16.8. The summed E-state index contributed by atoms with van der Waals surface area (Å²) in [5.74, 6) is -3.73. The molecular weight excluding hydrogens is 1690 g/mol. The van der Waals surface area contributed by atoms with Gasteiger partial charge in [0.05, 0.1) is 66.1 Å². The first-order valence-corrected chi connectivity index (χ1v) is 39.1. The lowest BCUT2D eigenvalue weighted by Gasteiger charge is -2.51. The van der Waals surface area contributed by atoms with Gasteiger partial charge in [-0.25, -0.2) is 0 Å². The predicted molar refractivity (Wildman–Crippen MR) is 376 cm³/mol. The maximum absolute atomic E-state index is 13.2. The van der Waals surface area contributed by atoms with Gasteiger partial charge in [0.2, 0.25) is 23.6 Å². The molecule has 0 saturated carbocycles. The smallest absolute Gasteiger partial charge is 0.217 e. The Balaban J connectivity index is 0.970. The van der Waals surface area contributed by atoms with E-state index in [1.807, 2.05) is 0 Å². The highest BCUT2D eigenvalue weighted by Gasteiger charge is 2.62. The normalized spacial score (nSPS) is 49.4. The van der Waals surface area contributed by atoms with Crippen LogP contribution in [0.15, 0.2) is 0 Å². The fourth-order valence-electron chi connectivity index (χ4n) is 15.9. The van der Waals surface area contributed by atoms with Gasteiger partial charge in [0.25, 0.3) is 0 Å². The summed E-state index contributed by atoms with van der Waals surface area (Å²) in [5, 5.41) is 321. The highest BCUT2D eigenvalue weighted by molar-refractivity contribution is 5.74. The van der Waals surface area contributed by atoms with E-state index >= 15 is 0 Å². The van der Waals surface area contributed by atoms with E-state index in [-0.39, 0.29) is 0 Å².